The summed E-state index contributed by atoms with van der Waals surface area (Å²) in [5.74, 6) is 0. The lowest BCUT2D eigenvalue weighted by atomic mass is 9.96. The minimum atomic E-state index is -1.20. The van der Waals surface area contributed by atoms with Crippen molar-refractivity contribution in [3.05, 3.63) is 70.0 Å². The molecule has 2 atom stereocenters. The summed E-state index contributed by atoms with van der Waals surface area (Å²) in [5, 5.41) is 1.59. The van der Waals surface area contributed by atoms with E-state index in [1.54, 1.807) is 4.57 Å². The van der Waals surface area contributed by atoms with Crippen molar-refractivity contribution in [2.45, 2.75) is 45.4 Å². The largest absolute Gasteiger partial charge is 0.311 e. The molecule has 3 rings (SSSR count). The van der Waals surface area contributed by atoms with Crippen molar-refractivity contribution in [2.24, 2.45) is 7.05 Å². The quantitative estimate of drug-likeness (QED) is 0.699. The summed E-state index contributed by atoms with van der Waals surface area (Å²) >= 11 is 0. The van der Waals surface area contributed by atoms with Gasteiger partial charge in [0.15, 0.2) is 0 Å². The summed E-state index contributed by atoms with van der Waals surface area (Å²) in [6.07, 6.45) is 0. The number of hydrogen-bond donors (Lipinski definition) is 1. The Bertz CT molecular complexity index is 1100. The molecule has 3 aromatic rings. The summed E-state index contributed by atoms with van der Waals surface area (Å²) in [6, 6.07) is 15.8. The van der Waals surface area contributed by atoms with Crippen molar-refractivity contribution < 1.29 is 4.21 Å². The van der Waals surface area contributed by atoms with Gasteiger partial charge in [-0.2, -0.15) is 0 Å². The molecule has 0 fully saturated rings. The van der Waals surface area contributed by atoms with Crippen molar-refractivity contribution in [3.8, 4) is 11.3 Å². The Morgan fingerprint density at radius 3 is 2.29 bits per heavy atom. The topological polar surface area (TPSA) is 51.1 Å². The highest BCUT2D eigenvalue weighted by Crippen LogP contribution is 2.29. The third kappa shape index (κ3) is 3.96. The van der Waals surface area contributed by atoms with Crippen molar-refractivity contribution >= 4 is 21.8 Å². The average Bonchev–Trinajstić information content (AvgIpc) is 2.64. The Balaban J connectivity index is 2.22. The molecule has 0 aliphatic rings. The van der Waals surface area contributed by atoms with E-state index in [-0.39, 0.29) is 16.3 Å². The summed E-state index contributed by atoms with van der Waals surface area (Å²) < 4.78 is 17.2. The van der Waals surface area contributed by atoms with Gasteiger partial charge >= 0.3 is 0 Å². The van der Waals surface area contributed by atoms with Gasteiger partial charge in [0, 0.05) is 18.5 Å². The minimum absolute atomic E-state index is 0.0227. The van der Waals surface area contributed by atoms with Gasteiger partial charge in [0.25, 0.3) is 5.56 Å². The zero-order valence-corrected chi connectivity index (χ0v) is 18.2. The molecule has 0 aliphatic heterocycles. The Hall–Kier alpha value is -2.24. The predicted molar refractivity (Wildman–Crippen MR) is 119 cm³/mol. The third-order valence-electron chi connectivity index (χ3n) is 4.91. The monoisotopic (exact) mass is 396 g/mol. The van der Waals surface area contributed by atoms with Crippen LogP contribution in [0.4, 0.5) is 0 Å². The highest BCUT2D eigenvalue weighted by atomic mass is 32.2. The molecule has 0 amide bonds. The highest BCUT2D eigenvalue weighted by Gasteiger charge is 2.23. The molecule has 1 heterocycles. The van der Waals surface area contributed by atoms with E-state index in [0.717, 1.165) is 27.8 Å². The molecule has 0 spiro atoms. The maximum absolute atomic E-state index is 13.1. The average molecular weight is 397 g/mol. The van der Waals surface area contributed by atoms with Crippen LogP contribution in [0.1, 0.15) is 44.9 Å². The Morgan fingerprint density at radius 2 is 1.68 bits per heavy atom. The van der Waals surface area contributed by atoms with E-state index in [1.807, 2.05) is 78.1 Å². The van der Waals surface area contributed by atoms with Gasteiger partial charge in [-0.25, -0.2) is 8.93 Å². The van der Waals surface area contributed by atoms with Crippen LogP contribution in [-0.4, -0.2) is 13.5 Å². The summed E-state index contributed by atoms with van der Waals surface area (Å²) in [6.45, 7) is 9.82. The maximum atomic E-state index is 13.1. The first-order chi connectivity index (χ1) is 13.1. The van der Waals surface area contributed by atoms with Crippen LogP contribution < -0.4 is 10.3 Å². The molecule has 1 N–H and O–H groups in total. The number of pyridine rings is 1. The fraction of sp³-hybridized carbons (Fsp3) is 0.348. The van der Waals surface area contributed by atoms with Gasteiger partial charge in [0.2, 0.25) is 0 Å². The smallest absolute Gasteiger partial charge is 0.258 e. The van der Waals surface area contributed by atoms with E-state index in [2.05, 4.69) is 16.9 Å². The second-order valence-corrected chi connectivity index (χ2v) is 10.3. The predicted octanol–water partition coefficient (Wildman–Crippen LogP) is 4.63. The Labute approximate surface area is 169 Å². The molecule has 0 radical (unpaired) electrons. The molecule has 28 heavy (non-hydrogen) atoms. The fourth-order valence-corrected chi connectivity index (χ4v) is 4.13. The Morgan fingerprint density at radius 1 is 1.04 bits per heavy atom. The zero-order valence-electron chi connectivity index (χ0n) is 17.4. The number of hydrogen-bond acceptors (Lipinski definition) is 2. The molecular weight excluding hydrogens is 368 g/mol. The molecule has 4 nitrogen and oxygen atoms in total. The molecule has 2 aromatic carbocycles. The standard InChI is InChI=1S/C23H28N2O2S/c1-15-12-18(16(2)24-28(27)23(3,4)5)19-14-21(17-10-8-7-9-11-17)25(6)22(26)20(19)13-15/h7-14,16,24H,1-6H3/t16-,28-/m1/s1. The first-order valence-electron chi connectivity index (χ1n) is 9.47. The number of aryl methyl sites for hydroxylation is 1. The summed E-state index contributed by atoms with van der Waals surface area (Å²) in [4.78, 5) is 13.1. The lowest BCUT2D eigenvalue weighted by Gasteiger charge is -2.23. The van der Waals surface area contributed by atoms with Crippen LogP contribution in [0, 0.1) is 6.92 Å². The number of fused-ring (bicyclic) bond motifs is 1. The molecule has 0 aliphatic carbocycles. The second-order valence-electron chi connectivity index (χ2n) is 8.30. The van der Waals surface area contributed by atoms with Gasteiger partial charge in [0.1, 0.15) is 0 Å². The van der Waals surface area contributed by atoms with Gasteiger partial charge in [-0.15, -0.1) is 0 Å². The van der Waals surface area contributed by atoms with Crippen LogP contribution in [0.2, 0.25) is 0 Å². The SMILES string of the molecule is Cc1cc([C@@H](C)N[S@](=O)C(C)(C)C)c2cc(-c3ccccc3)n(C)c(=O)c2c1. The molecule has 0 bridgehead atoms. The van der Waals surface area contributed by atoms with Crippen molar-refractivity contribution in [1.82, 2.24) is 9.29 Å². The van der Waals surface area contributed by atoms with Gasteiger partial charge < -0.3 is 4.57 Å². The molecule has 5 heteroatoms. The van der Waals surface area contributed by atoms with E-state index in [0.29, 0.717) is 5.39 Å². The number of nitrogens with zero attached hydrogens (tertiary/aromatic N) is 1. The highest BCUT2D eigenvalue weighted by molar-refractivity contribution is 7.84. The second kappa shape index (κ2) is 7.64. The van der Waals surface area contributed by atoms with E-state index >= 15 is 0 Å². The summed E-state index contributed by atoms with van der Waals surface area (Å²) in [5.41, 5.74) is 3.84. The first-order valence-corrected chi connectivity index (χ1v) is 10.6. The van der Waals surface area contributed by atoms with Crippen LogP contribution in [0.3, 0.4) is 0 Å². The van der Waals surface area contributed by atoms with Gasteiger partial charge in [-0.05, 0) is 68.8 Å². The van der Waals surface area contributed by atoms with Gasteiger partial charge in [-0.1, -0.05) is 36.4 Å². The first kappa shape index (κ1) is 20.5. The molecular formula is C23H28N2O2S. The molecule has 0 unspecified atom stereocenters. The molecule has 0 saturated heterocycles. The number of benzene rings is 2. The van der Waals surface area contributed by atoms with Crippen molar-refractivity contribution in [2.75, 3.05) is 0 Å². The van der Waals surface area contributed by atoms with Gasteiger partial charge in [-0.3, -0.25) is 4.79 Å². The number of nitrogens with one attached hydrogen (secondary N) is 1. The molecule has 148 valence electrons. The summed E-state index contributed by atoms with van der Waals surface area (Å²) in [7, 11) is 0.606. The Kier molecular flexibility index (Phi) is 5.60. The normalized spacial score (nSPS) is 14.2. The molecule has 0 saturated carbocycles. The van der Waals surface area contributed by atoms with E-state index in [1.165, 1.54) is 0 Å². The van der Waals surface area contributed by atoms with Crippen molar-refractivity contribution in [1.29, 1.82) is 0 Å². The number of aromatic nitrogens is 1. The van der Waals surface area contributed by atoms with E-state index in [4.69, 9.17) is 0 Å². The van der Waals surface area contributed by atoms with Crippen LogP contribution in [-0.2, 0) is 18.0 Å². The molecule has 1 aromatic heterocycles. The zero-order chi connectivity index (χ0) is 20.6. The van der Waals surface area contributed by atoms with E-state index in [9.17, 15) is 9.00 Å². The van der Waals surface area contributed by atoms with Crippen LogP contribution >= 0.6 is 0 Å². The lowest BCUT2D eigenvalue weighted by molar-refractivity contribution is 0.617. The van der Waals surface area contributed by atoms with Crippen molar-refractivity contribution in [3.63, 3.8) is 0 Å². The van der Waals surface area contributed by atoms with Crippen LogP contribution in [0.5, 0.6) is 0 Å². The maximum Gasteiger partial charge on any atom is 0.258 e. The van der Waals surface area contributed by atoms with E-state index < -0.39 is 11.0 Å². The van der Waals surface area contributed by atoms with Gasteiger partial charge in [0.05, 0.1) is 21.4 Å². The fourth-order valence-electron chi connectivity index (χ4n) is 3.33. The lowest BCUT2D eigenvalue weighted by Crippen LogP contribution is -2.35. The minimum Gasteiger partial charge on any atom is -0.311 e. The number of rotatable bonds is 4. The third-order valence-corrected chi connectivity index (χ3v) is 6.59. The van der Waals surface area contributed by atoms with Crippen LogP contribution in [0.15, 0.2) is 53.3 Å². The van der Waals surface area contributed by atoms with Crippen LogP contribution in [0.25, 0.3) is 22.0 Å².